The lowest BCUT2D eigenvalue weighted by molar-refractivity contribution is -0.142. The molecule has 0 unspecified atom stereocenters. The Morgan fingerprint density at radius 2 is 1.97 bits per heavy atom. The first-order valence-corrected chi connectivity index (χ1v) is 10.5. The number of allylic oxidation sites excluding steroid dienone is 2. The van der Waals surface area contributed by atoms with Crippen LogP contribution in [-0.2, 0) is 23.9 Å². The summed E-state index contributed by atoms with van der Waals surface area (Å²) < 4.78 is 42.3. The summed E-state index contributed by atoms with van der Waals surface area (Å²) in [6, 6.07) is 3.27. The number of fused-ring (bicyclic) bond motifs is 1. The SMILES string of the molecule is O=C(c1c(Cl)cccc1C(F)(F)F)c1nc(C2=CC[C@@H](C(=O)O)CC2)c2n1CCCC2. The summed E-state index contributed by atoms with van der Waals surface area (Å²) >= 11 is 6.04. The molecule has 0 bridgehead atoms. The molecular formula is C22H20ClF3N2O3. The number of carboxylic acids is 1. The first-order valence-electron chi connectivity index (χ1n) is 10.1. The van der Waals surface area contributed by atoms with E-state index in [0.717, 1.165) is 30.2 Å². The van der Waals surface area contributed by atoms with E-state index in [1.807, 2.05) is 6.08 Å². The number of nitrogens with zero attached hydrogens (tertiary/aromatic N) is 2. The molecular weight excluding hydrogens is 433 g/mol. The normalized spacial score (nSPS) is 19.0. The molecule has 0 spiro atoms. The first kappa shape index (κ1) is 21.6. The van der Waals surface area contributed by atoms with Crippen LogP contribution >= 0.6 is 11.6 Å². The summed E-state index contributed by atoms with van der Waals surface area (Å²) in [6.07, 6.45) is 0.745. The van der Waals surface area contributed by atoms with Crippen LogP contribution in [0.3, 0.4) is 0 Å². The molecule has 0 saturated carbocycles. The summed E-state index contributed by atoms with van der Waals surface area (Å²) in [5, 5.41) is 8.94. The van der Waals surface area contributed by atoms with E-state index in [-0.39, 0.29) is 10.8 Å². The van der Waals surface area contributed by atoms with Crippen LogP contribution in [0.4, 0.5) is 13.2 Å². The number of hydrogen-bond donors (Lipinski definition) is 1. The summed E-state index contributed by atoms with van der Waals surface area (Å²) in [4.78, 5) is 29.0. The number of halogens is 4. The minimum absolute atomic E-state index is 0.0513. The van der Waals surface area contributed by atoms with Crippen LogP contribution in [0.1, 0.15) is 65.2 Å². The lowest BCUT2D eigenvalue weighted by Crippen LogP contribution is -2.20. The number of carboxylic acid groups (broad SMARTS) is 1. The van der Waals surface area contributed by atoms with Gasteiger partial charge in [0.1, 0.15) is 0 Å². The van der Waals surface area contributed by atoms with Gasteiger partial charge in [-0.25, -0.2) is 4.98 Å². The van der Waals surface area contributed by atoms with Crippen molar-refractivity contribution in [3.63, 3.8) is 0 Å². The highest BCUT2D eigenvalue weighted by atomic mass is 35.5. The zero-order valence-electron chi connectivity index (χ0n) is 16.5. The second kappa shape index (κ2) is 8.15. The molecule has 2 aliphatic rings. The third kappa shape index (κ3) is 4.01. The molecule has 9 heteroatoms. The molecule has 4 rings (SSSR count). The van der Waals surface area contributed by atoms with Crippen molar-refractivity contribution in [3.8, 4) is 0 Å². The Hall–Kier alpha value is -2.61. The van der Waals surface area contributed by atoms with E-state index in [0.29, 0.717) is 37.9 Å². The molecule has 5 nitrogen and oxygen atoms in total. The van der Waals surface area contributed by atoms with Crippen LogP contribution in [-0.4, -0.2) is 26.4 Å². The van der Waals surface area contributed by atoms with Crippen molar-refractivity contribution < 1.29 is 27.9 Å². The fourth-order valence-corrected chi connectivity index (χ4v) is 4.61. The summed E-state index contributed by atoms with van der Waals surface area (Å²) in [5.74, 6) is -2.21. The molecule has 2 heterocycles. The lowest BCUT2D eigenvalue weighted by Gasteiger charge is -2.20. The Kier molecular flexibility index (Phi) is 5.68. The predicted octanol–water partition coefficient (Wildman–Crippen LogP) is 5.39. The van der Waals surface area contributed by atoms with Crippen molar-refractivity contribution in [1.82, 2.24) is 9.55 Å². The number of rotatable bonds is 4. The fourth-order valence-electron chi connectivity index (χ4n) is 4.35. The third-order valence-electron chi connectivity index (χ3n) is 5.93. The van der Waals surface area contributed by atoms with E-state index >= 15 is 0 Å². The largest absolute Gasteiger partial charge is 0.481 e. The molecule has 1 aromatic carbocycles. The quantitative estimate of drug-likeness (QED) is 0.631. The number of ketones is 1. The maximum Gasteiger partial charge on any atom is 0.417 e. The van der Waals surface area contributed by atoms with Crippen LogP contribution in [0, 0.1) is 5.92 Å². The number of carbonyl (C=O) groups is 2. The van der Waals surface area contributed by atoms with Gasteiger partial charge in [-0.05, 0) is 56.2 Å². The van der Waals surface area contributed by atoms with Crippen LogP contribution < -0.4 is 0 Å². The van der Waals surface area contributed by atoms with Crippen LogP contribution in [0.2, 0.25) is 5.02 Å². The van der Waals surface area contributed by atoms with Gasteiger partial charge in [-0.1, -0.05) is 23.7 Å². The van der Waals surface area contributed by atoms with Gasteiger partial charge in [-0.3, -0.25) is 9.59 Å². The molecule has 1 N–H and O–H groups in total. The van der Waals surface area contributed by atoms with Gasteiger partial charge in [0.05, 0.1) is 27.8 Å². The van der Waals surface area contributed by atoms with Gasteiger partial charge >= 0.3 is 12.1 Å². The number of hydrogen-bond acceptors (Lipinski definition) is 3. The van der Waals surface area contributed by atoms with Crippen molar-refractivity contribution in [2.75, 3.05) is 0 Å². The van der Waals surface area contributed by atoms with Crippen LogP contribution in [0.15, 0.2) is 24.3 Å². The van der Waals surface area contributed by atoms with E-state index in [1.54, 1.807) is 4.57 Å². The van der Waals surface area contributed by atoms with E-state index in [1.165, 1.54) is 12.1 Å². The van der Waals surface area contributed by atoms with Gasteiger partial charge in [0.25, 0.3) is 0 Å². The van der Waals surface area contributed by atoms with E-state index in [9.17, 15) is 27.9 Å². The monoisotopic (exact) mass is 452 g/mol. The zero-order chi connectivity index (χ0) is 22.3. The van der Waals surface area contributed by atoms with E-state index < -0.39 is 35.0 Å². The topological polar surface area (TPSA) is 72.2 Å². The molecule has 164 valence electrons. The van der Waals surface area contributed by atoms with Crippen LogP contribution in [0.5, 0.6) is 0 Å². The molecule has 1 aliphatic carbocycles. The second-order valence-corrected chi connectivity index (χ2v) is 8.27. The van der Waals surface area contributed by atoms with Crippen molar-refractivity contribution in [2.24, 2.45) is 5.92 Å². The van der Waals surface area contributed by atoms with Gasteiger partial charge in [-0.15, -0.1) is 0 Å². The molecule has 1 aromatic heterocycles. The highest BCUT2D eigenvalue weighted by Gasteiger charge is 2.38. The Bertz CT molecular complexity index is 1090. The van der Waals surface area contributed by atoms with E-state index in [2.05, 4.69) is 4.98 Å². The number of imidazole rings is 1. The minimum Gasteiger partial charge on any atom is -0.481 e. The molecule has 0 amide bonds. The molecule has 2 aromatic rings. The molecule has 0 fully saturated rings. The standard InChI is InChI=1S/C22H20ClF3N2O3/c23-15-5-3-4-14(22(24,25)26)17(15)19(29)20-27-18(16-6-1-2-11-28(16)20)12-7-9-13(10-8-12)21(30)31/h3-5,7,13H,1-2,6,8-11H2,(H,30,31)/t13-/m1/s1. The van der Waals surface area contributed by atoms with Crippen LogP contribution in [0.25, 0.3) is 5.57 Å². The zero-order valence-corrected chi connectivity index (χ0v) is 17.3. The average molecular weight is 453 g/mol. The maximum absolute atomic E-state index is 13.5. The smallest absolute Gasteiger partial charge is 0.417 e. The minimum atomic E-state index is -4.73. The van der Waals surface area contributed by atoms with Gasteiger partial charge < -0.3 is 9.67 Å². The summed E-state index contributed by atoms with van der Waals surface area (Å²) in [7, 11) is 0. The Morgan fingerprint density at radius 1 is 1.19 bits per heavy atom. The molecule has 0 radical (unpaired) electrons. The number of benzene rings is 1. The second-order valence-electron chi connectivity index (χ2n) is 7.87. The summed E-state index contributed by atoms with van der Waals surface area (Å²) in [6.45, 7) is 0.486. The third-order valence-corrected chi connectivity index (χ3v) is 6.25. The molecule has 1 atom stereocenters. The van der Waals surface area contributed by atoms with Crippen molar-refractivity contribution >= 4 is 28.9 Å². The number of alkyl halides is 3. The first-order chi connectivity index (χ1) is 14.7. The highest BCUT2D eigenvalue weighted by molar-refractivity contribution is 6.35. The van der Waals surface area contributed by atoms with Gasteiger partial charge in [0.2, 0.25) is 5.78 Å². The average Bonchev–Trinajstić information content (AvgIpc) is 3.12. The predicted molar refractivity (Wildman–Crippen MR) is 108 cm³/mol. The van der Waals surface area contributed by atoms with Gasteiger partial charge in [-0.2, -0.15) is 13.2 Å². The molecule has 0 saturated heterocycles. The fraction of sp³-hybridized carbons (Fsp3) is 0.409. The van der Waals surface area contributed by atoms with E-state index in [4.69, 9.17) is 11.6 Å². The Labute approximate surface area is 181 Å². The Morgan fingerprint density at radius 3 is 2.61 bits per heavy atom. The van der Waals surface area contributed by atoms with Gasteiger partial charge in [0.15, 0.2) is 5.82 Å². The summed E-state index contributed by atoms with van der Waals surface area (Å²) in [5.41, 5.74) is 0.575. The van der Waals surface area contributed by atoms with Crippen molar-refractivity contribution in [3.05, 3.63) is 57.6 Å². The maximum atomic E-state index is 13.5. The van der Waals surface area contributed by atoms with Crippen molar-refractivity contribution in [1.29, 1.82) is 0 Å². The lowest BCUT2D eigenvalue weighted by atomic mass is 9.87. The van der Waals surface area contributed by atoms with Gasteiger partial charge in [0, 0.05) is 12.2 Å². The highest BCUT2D eigenvalue weighted by Crippen LogP contribution is 2.38. The number of aliphatic carboxylic acids is 1. The van der Waals surface area contributed by atoms with Crippen molar-refractivity contribution in [2.45, 2.75) is 51.2 Å². The number of aromatic nitrogens is 2. The number of carbonyl (C=O) groups excluding carboxylic acids is 1. The molecule has 31 heavy (non-hydrogen) atoms. The molecule has 1 aliphatic heterocycles. The Balaban J connectivity index is 1.80.